The van der Waals surface area contributed by atoms with Gasteiger partial charge in [0.1, 0.15) is 5.82 Å². The van der Waals surface area contributed by atoms with Gasteiger partial charge in [0, 0.05) is 49.0 Å². The van der Waals surface area contributed by atoms with E-state index in [-0.39, 0.29) is 6.61 Å². The molecule has 3 aromatic rings. The maximum Gasteiger partial charge on any atom is 0.157 e. The van der Waals surface area contributed by atoms with Gasteiger partial charge < -0.3 is 10.0 Å². The van der Waals surface area contributed by atoms with Gasteiger partial charge in [-0.2, -0.15) is 9.61 Å². The van der Waals surface area contributed by atoms with Gasteiger partial charge in [0.25, 0.3) is 0 Å². The number of aliphatic hydroxyl groups is 1. The van der Waals surface area contributed by atoms with Crippen molar-refractivity contribution in [3.05, 3.63) is 58.4 Å². The predicted octanol–water partition coefficient (Wildman–Crippen LogP) is 3.49. The smallest absolute Gasteiger partial charge is 0.157 e. The fourth-order valence-electron chi connectivity index (χ4n) is 3.67. The highest BCUT2D eigenvalue weighted by molar-refractivity contribution is 6.30. The number of aryl methyl sites for hydroxylation is 1. The quantitative estimate of drug-likeness (QED) is 0.763. The minimum atomic E-state index is 0.241. The van der Waals surface area contributed by atoms with Crippen molar-refractivity contribution < 1.29 is 5.11 Å². The van der Waals surface area contributed by atoms with Gasteiger partial charge in [0.05, 0.1) is 5.69 Å². The third kappa shape index (κ3) is 3.55. The number of aromatic nitrogens is 3. The van der Waals surface area contributed by atoms with Gasteiger partial charge in [-0.3, -0.25) is 0 Å². The molecule has 4 rings (SSSR count). The molecule has 1 atom stereocenters. The summed E-state index contributed by atoms with van der Waals surface area (Å²) in [6, 6.07) is 12.0. The number of nitrogens with zero attached hydrogens (tertiary/aromatic N) is 4. The third-order valence-electron chi connectivity index (χ3n) is 4.99. The molecule has 0 saturated carbocycles. The topological polar surface area (TPSA) is 53.7 Å². The fourth-order valence-corrected chi connectivity index (χ4v) is 3.80. The number of halogens is 1. The number of aliphatic hydroxyl groups excluding tert-OH is 1. The predicted molar refractivity (Wildman–Crippen MR) is 104 cm³/mol. The highest BCUT2D eigenvalue weighted by Gasteiger charge is 2.22. The van der Waals surface area contributed by atoms with E-state index in [0.29, 0.717) is 5.92 Å². The van der Waals surface area contributed by atoms with Crippen LogP contribution < -0.4 is 4.90 Å². The second-order valence-electron chi connectivity index (χ2n) is 7.10. The lowest BCUT2D eigenvalue weighted by Crippen LogP contribution is -2.38. The summed E-state index contributed by atoms with van der Waals surface area (Å²) in [5, 5.41) is 15.1. The Kier molecular flexibility index (Phi) is 4.83. The van der Waals surface area contributed by atoms with Crippen LogP contribution in [0.2, 0.25) is 5.02 Å². The molecule has 5 nitrogen and oxygen atoms in total. The first-order valence-corrected chi connectivity index (χ1v) is 9.47. The Morgan fingerprint density at radius 2 is 2.04 bits per heavy atom. The molecule has 0 aliphatic carbocycles. The molecule has 1 fully saturated rings. The van der Waals surface area contributed by atoms with E-state index < -0.39 is 0 Å². The number of benzene rings is 1. The Morgan fingerprint density at radius 1 is 1.23 bits per heavy atom. The van der Waals surface area contributed by atoms with E-state index in [1.165, 1.54) is 5.56 Å². The third-order valence-corrected chi connectivity index (χ3v) is 5.24. The van der Waals surface area contributed by atoms with E-state index in [1.807, 2.05) is 35.7 Å². The van der Waals surface area contributed by atoms with Crippen LogP contribution >= 0.6 is 11.6 Å². The van der Waals surface area contributed by atoms with Gasteiger partial charge >= 0.3 is 0 Å². The number of fused-ring (bicyclic) bond motifs is 1. The first kappa shape index (κ1) is 17.3. The van der Waals surface area contributed by atoms with Crippen molar-refractivity contribution in [3.8, 4) is 0 Å². The highest BCUT2D eigenvalue weighted by atomic mass is 35.5. The summed E-state index contributed by atoms with van der Waals surface area (Å²) in [4.78, 5) is 6.97. The Bertz CT molecular complexity index is 906. The molecular weight excluding hydrogens is 348 g/mol. The zero-order chi connectivity index (χ0) is 18.1. The van der Waals surface area contributed by atoms with E-state index in [2.05, 4.69) is 22.0 Å². The summed E-state index contributed by atoms with van der Waals surface area (Å²) in [5.74, 6) is 1.39. The normalized spacial score (nSPS) is 17.8. The minimum Gasteiger partial charge on any atom is -0.396 e. The Hall–Kier alpha value is -2.11. The molecule has 0 amide bonds. The zero-order valence-corrected chi connectivity index (χ0v) is 15.7. The van der Waals surface area contributed by atoms with Gasteiger partial charge in [-0.25, -0.2) is 4.98 Å². The van der Waals surface area contributed by atoms with Crippen LogP contribution in [0.1, 0.15) is 29.8 Å². The molecule has 0 bridgehead atoms. The van der Waals surface area contributed by atoms with Crippen LogP contribution in [0.5, 0.6) is 0 Å². The van der Waals surface area contributed by atoms with Crippen molar-refractivity contribution in [2.75, 3.05) is 24.6 Å². The van der Waals surface area contributed by atoms with Crippen molar-refractivity contribution in [1.29, 1.82) is 0 Å². The average molecular weight is 371 g/mol. The molecule has 1 aromatic carbocycles. The van der Waals surface area contributed by atoms with Crippen LogP contribution in [0.3, 0.4) is 0 Å². The first-order chi connectivity index (χ1) is 12.6. The molecule has 1 aliphatic heterocycles. The number of piperidine rings is 1. The Balaban J connectivity index is 1.67. The number of hydrogen-bond donors (Lipinski definition) is 1. The fraction of sp³-hybridized carbons (Fsp3) is 0.400. The molecule has 0 spiro atoms. The number of hydrogen-bond acceptors (Lipinski definition) is 4. The van der Waals surface area contributed by atoms with Crippen molar-refractivity contribution in [2.24, 2.45) is 5.92 Å². The molecule has 0 unspecified atom stereocenters. The van der Waals surface area contributed by atoms with Gasteiger partial charge in [-0.05, 0) is 43.4 Å². The second-order valence-corrected chi connectivity index (χ2v) is 7.54. The molecular formula is C20H23ClN4O. The van der Waals surface area contributed by atoms with Gasteiger partial charge in [-0.15, -0.1) is 0 Å². The van der Waals surface area contributed by atoms with Gasteiger partial charge in [0.2, 0.25) is 0 Å². The lowest BCUT2D eigenvalue weighted by Gasteiger charge is -2.33. The van der Waals surface area contributed by atoms with Crippen molar-refractivity contribution >= 4 is 23.1 Å². The molecule has 26 heavy (non-hydrogen) atoms. The van der Waals surface area contributed by atoms with Crippen LogP contribution in [0.25, 0.3) is 5.65 Å². The van der Waals surface area contributed by atoms with Crippen molar-refractivity contribution in [2.45, 2.75) is 26.2 Å². The van der Waals surface area contributed by atoms with Crippen LogP contribution in [0.15, 0.2) is 36.4 Å². The highest BCUT2D eigenvalue weighted by Crippen LogP contribution is 2.25. The summed E-state index contributed by atoms with van der Waals surface area (Å²) >= 11 is 5.97. The molecule has 0 radical (unpaired) electrons. The van der Waals surface area contributed by atoms with E-state index in [4.69, 9.17) is 16.7 Å². The van der Waals surface area contributed by atoms with Crippen LogP contribution in [-0.4, -0.2) is 39.4 Å². The Morgan fingerprint density at radius 3 is 2.81 bits per heavy atom. The first-order valence-electron chi connectivity index (χ1n) is 9.09. The van der Waals surface area contributed by atoms with Crippen LogP contribution in [0, 0.1) is 12.8 Å². The van der Waals surface area contributed by atoms with Crippen molar-refractivity contribution in [1.82, 2.24) is 14.6 Å². The molecule has 2 aromatic heterocycles. The number of rotatable bonds is 4. The van der Waals surface area contributed by atoms with E-state index >= 15 is 0 Å². The number of anilines is 1. The maximum atomic E-state index is 9.54. The molecule has 3 heterocycles. The molecule has 6 heteroatoms. The van der Waals surface area contributed by atoms with Crippen LogP contribution in [-0.2, 0) is 6.42 Å². The SMILES string of the molecule is Cc1cc(N2CCC[C@@H](CO)C2)n2nc(Cc3ccc(Cl)cc3)cc2n1. The van der Waals surface area contributed by atoms with E-state index in [1.54, 1.807) is 0 Å². The molecule has 136 valence electrons. The average Bonchev–Trinajstić information content (AvgIpc) is 3.05. The summed E-state index contributed by atoms with van der Waals surface area (Å²) in [5.41, 5.74) is 4.02. The van der Waals surface area contributed by atoms with Gasteiger partial charge in [0.15, 0.2) is 5.65 Å². The van der Waals surface area contributed by atoms with Crippen LogP contribution in [0.4, 0.5) is 5.82 Å². The Labute approximate surface area is 158 Å². The summed E-state index contributed by atoms with van der Waals surface area (Å²) in [6.07, 6.45) is 2.92. The summed E-state index contributed by atoms with van der Waals surface area (Å²) in [6.45, 7) is 4.11. The van der Waals surface area contributed by atoms with E-state index in [9.17, 15) is 5.11 Å². The monoisotopic (exact) mass is 370 g/mol. The largest absolute Gasteiger partial charge is 0.396 e. The molecule has 1 saturated heterocycles. The lowest BCUT2D eigenvalue weighted by molar-refractivity contribution is 0.208. The van der Waals surface area contributed by atoms with Gasteiger partial charge in [-0.1, -0.05) is 23.7 Å². The van der Waals surface area contributed by atoms with E-state index in [0.717, 1.165) is 60.2 Å². The standard InChI is InChI=1S/C20H23ClN4O/c1-14-9-20(24-8-2-3-16(12-24)13-26)25-19(22-14)11-18(23-25)10-15-4-6-17(21)7-5-15/h4-7,9,11,16,26H,2-3,8,10,12-13H2,1H3/t16-/m1/s1. The second kappa shape index (κ2) is 7.25. The maximum absolute atomic E-state index is 9.54. The minimum absolute atomic E-state index is 0.241. The zero-order valence-electron chi connectivity index (χ0n) is 14.9. The lowest BCUT2D eigenvalue weighted by atomic mass is 9.99. The van der Waals surface area contributed by atoms with Crippen molar-refractivity contribution in [3.63, 3.8) is 0 Å². The molecule has 1 N–H and O–H groups in total. The summed E-state index contributed by atoms with van der Waals surface area (Å²) in [7, 11) is 0. The molecule has 1 aliphatic rings. The summed E-state index contributed by atoms with van der Waals surface area (Å²) < 4.78 is 1.94.